The molecule has 0 unspecified atom stereocenters. The molecule has 0 fully saturated rings. The van der Waals surface area contributed by atoms with Crippen molar-refractivity contribution in [3.8, 4) is 5.75 Å². The van der Waals surface area contributed by atoms with E-state index in [2.05, 4.69) is 5.32 Å². The van der Waals surface area contributed by atoms with Crippen molar-refractivity contribution in [1.82, 2.24) is 4.57 Å². The maximum absolute atomic E-state index is 12.4. The molecule has 0 radical (unpaired) electrons. The van der Waals surface area contributed by atoms with E-state index in [1.54, 1.807) is 0 Å². The van der Waals surface area contributed by atoms with E-state index in [1.165, 1.54) is 0 Å². The fourth-order valence-corrected chi connectivity index (χ4v) is 2.13. The molecular formula is C16H20N2O2. The Morgan fingerprint density at radius 2 is 2.00 bits per heavy atom. The summed E-state index contributed by atoms with van der Waals surface area (Å²) in [4.78, 5) is 12.4. The molecule has 0 spiro atoms. The summed E-state index contributed by atoms with van der Waals surface area (Å²) in [5, 5.41) is 2.92. The van der Waals surface area contributed by atoms with Crippen LogP contribution in [0, 0.1) is 13.8 Å². The van der Waals surface area contributed by atoms with Gasteiger partial charge < -0.3 is 14.6 Å². The van der Waals surface area contributed by atoms with Crippen LogP contribution in [-0.2, 0) is 7.05 Å². The second-order valence-corrected chi connectivity index (χ2v) is 4.73. The van der Waals surface area contributed by atoms with Gasteiger partial charge in [0.15, 0.2) is 0 Å². The van der Waals surface area contributed by atoms with Crippen LogP contribution in [0.15, 0.2) is 30.3 Å². The Bertz CT molecular complexity index is 629. The first-order chi connectivity index (χ1) is 9.54. The summed E-state index contributed by atoms with van der Waals surface area (Å²) >= 11 is 0. The molecule has 0 saturated carbocycles. The Kier molecular flexibility index (Phi) is 4.13. The van der Waals surface area contributed by atoms with Crippen molar-refractivity contribution in [2.45, 2.75) is 20.8 Å². The second-order valence-electron chi connectivity index (χ2n) is 4.73. The van der Waals surface area contributed by atoms with Crippen LogP contribution in [0.5, 0.6) is 5.75 Å². The number of hydrogen-bond donors (Lipinski definition) is 1. The van der Waals surface area contributed by atoms with Crippen molar-refractivity contribution in [2.24, 2.45) is 7.05 Å². The van der Waals surface area contributed by atoms with E-state index in [4.69, 9.17) is 4.74 Å². The van der Waals surface area contributed by atoms with Gasteiger partial charge >= 0.3 is 0 Å². The minimum Gasteiger partial charge on any atom is -0.492 e. The number of carbonyl (C=O) groups excluding carboxylic acids is 1. The summed E-state index contributed by atoms with van der Waals surface area (Å²) in [6.07, 6.45) is 0. The monoisotopic (exact) mass is 272 g/mol. The largest absolute Gasteiger partial charge is 0.492 e. The number of ether oxygens (including phenoxy) is 1. The van der Waals surface area contributed by atoms with Gasteiger partial charge in [-0.3, -0.25) is 4.79 Å². The molecule has 1 heterocycles. The third-order valence-electron chi connectivity index (χ3n) is 3.45. The Balaban J connectivity index is 2.26. The molecule has 1 amide bonds. The molecule has 1 N–H and O–H groups in total. The van der Waals surface area contributed by atoms with E-state index in [1.807, 2.05) is 62.7 Å². The van der Waals surface area contributed by atoms with Crippen LogP contribution in [0.2, 0.25) is 0 Å². The molecule has 0 bridgehead atoms. The third kappa shape index (κ3) is 2.69. The Morgan fingerprint density at radius 3 is 2.60 bits per heavy atom. The fourth-order valence-electron chi connectivity index (χ4n) is 2.13. The maximum atomic E-state index is 12.4. The summed E-state index contributed by atoms with van der Waals surface area (Å²) in [7, 11) is 1.95. The van der Waals surface area contributed by atoms with Crippen LogP contribution in [0.25, 0.3) is 0 Å². The summed E-state index contributed by atoms with van der Waals surface area (Å²) in [5.41, 5.74) is 3.40. The molecule has 2 rings (SSSR count). The van der Waals surface area contributed by atoms with Crippen LogP contribution < -0.4 is 10.1 Å². The first kappa shape index (κ1) is 14.2. The van der Waals surface area contributed by atoms with Crippen molar-refractivity contribution in [2.75, 3.05) is 11.9 Å². The molecule has 2 aromatic rings. The van der Waals surface area contributed by atoms with Gasteiger partial charge in [-0.05, 0) is 39.0 Å². The molecule has 0 saturated heterocycles. The topological polar surface area (TPSA) is 43.3 Å². The molecule has 4 heteroatoms. The zero-order chi connectivity index (χ0) is 14.7. The quantitative estimate of drug-likeness (QED) is 0.928. The number of nitrogens with one attached hydrogen (secondary N) is 1. The minimum absolute atomic E-state index is 0.113. The highest BCUT2D eigenvalue weighted by Crippen LogP contribution is 2.25. The minimum atomic E-state index is -0.113. The van der Waals surface area contributed by atoms with Crippen LogP contribution in [0.1, 0.15) is 28.7 Å². The van der Waals surface area contributed by atoms with E-state index in [9.17, 15) is 4.79 Å². The number of para-hydroxylation sites is 2. The van der Waals surface area contributed by atoms with Crippen molar-refractivity contribution in [1.29, 1.82) is 0 Å². The van der Waals surface area contributed by atoms with Crippen molar-refractivity contribution < 1.29 is 9.53 Å². The van der Waals surface area contributed by atoms with E-state index in [0.29, 0.717) is 23.6 Å². The molecule has 0 aliphatic rings. The highest BCUT2D eigenvalue weighted by Gasteiger charge is 2.15. The number of rotatable bonds is 4. The average Bonchev–Trinajstić information content (AvgIpc) is 2.69. The number of aromatic nitrogens is 1. The van der Waals surface area contributed by atoms with Gasteiger partial charge in [-0.15, -0.1) is 0 Å². The standard InChI is InChI=1S/C16H20N2O2/c1-5-20-15-9-7-6-8-14(15)17-16(19)13-10-11(2)18(4)12(13)3/h6-10H,5H2,1-4H3,(H,17,19). The molecule has 1 aromatic carbocycles. The Hall–Kier alpha value is -2.23. The number of nitrogens with zero attached hydrogens (tertiary/aromatic N) is 1. The SMILES string of the molecule is CCOc1ccccc1NC(=O)c1cc(C)n(C)c1C. The van der Waals surface area contributed by atoms with Gasteiger partial charge in [0.05, 0.1) is 17.9 Å². The molecule has 0 aliphatic heterocycles. The third-order valence-corrected chi connectivity index (χ3v) is 3.45. The van der Waals surface area contributed by atoms with Crippen molar-refractivity contribution in [3.05, 3.63) is 47.3 Å². The van der Waals surface area contributed by atoms with Crippen molar-refractivity contribution in [3.63, 3.8) is 0 Å². The fraction of sp³-hybridized carbons (Fsp3) is 0.312. The molecule has 106 valence electrons. The van der Waals surface area contributed by atoms with E-state index in [0.717, 1.165) is 11.4 Å². The molecule has 0 atom stereocenters. The predicted octanol–water partition coefficient (Wildman–Crippen LogP) is 3.29. The first-order valence-corrected chi connectivity index (χ1v) is 6.70. The molecule has 20 heavy (non-hydrogen) atoms. The van der Waals surface area contributed by atoms with Gasteiger partial charge in [0.2, 0.25) is 0 Å². The smallest absolute Gasteiger partial charge is 0.257 e. The maximum Gasteiger partial charge on any atom is 0.257 e. The lowest BCUT2D eigenvalue weighted by atomic mass is 10.2. The van der Waals surface area contributed by atoms with Gasteiger partial charge in [0.1, 0.15) is 5.75 Å². The zero-order valence-electron chi connectivity index (χ0n) is 12.4. The lowest BCUT2D eigenvalue weighted by molar-refractivity contribution is 0.102. The van der Waals surface area contributed by atoms with E-state index < -0.39 is 0 Å². The van der Waals surface area contributed by atoms with Gasteiger partial charge in [-0.1, -0.05) is 12.1 Å². The highest BCUT2D eigenvalue weighted by molar-refractivity contribution is 6.06. The van der Waals surface area contributed by atoms with Crippen LogP contribution in [0.3, 0.4) is 0 Å². The molecule has 1 aromatic heterocycles. The lowest BCUT2D eigenvalue weighted by Gasteiger charge is -2.11. The predicted molar refractivity (Wildman–Crippen MR) is 80.5 cm³/mol. The van der Waals surface area contributed by atoms with E-state index >= 15 is 0 Å². The zero-order valence-corrected chi connectivity index (χ0v) is 12.4. The van der Waals surface area contributed by atoms with Crippen molar-refractivity contribution >= 4 is 11.6 Å². The number of anilines is 1. The number of aryl methyl sites for hydroxylation is 1. The molecular weight excluding hydrogens is 252 g/mol. The highest BCUT2D eigenvalue weighted by atomic mass is 16.5. The molecule has 0 aliphatic carbocycles. The van der Waals surface area contributed by atoms with Gasteiger partial charge in [-0.2, -0.15) is 0 Å². The van der Waals surface area contributed by atoms with Crippen LogP contribution in [0.4, 0.5) is 5.69 Å². The Morgan fingerprint density at radius 1 is 1.30 bits per heavy atom. The average molecular weight is 272 g/mol. The van der Waals surface area contributed by atoms with Gasteiger partial charge in [-0.25, -0.2) is 0 Å². The number of carbonyl (C=O) groups is 1. The number of hydrogen-bond acceptors (Lipinski definition) is 2. The summed E-state index contributed by atoms with van der Waals surface area (Å²) < 4.78 is 7.52. The van der Waals surface area contributed by atoms with E-state index in [-0.39, 0.29) is 5.91 Å². The summed E-state index contributed by atoms with van der Waals surface area (Å²) in [5.74, 6) is 0.576. The summed E-state index contributed by atoms with van der Waals surface area (Å²) in [6, 6.07) is 9.35. The first-order valence-electron chi connectivity index (χ1n) is 6.70. The molecule has 4 nitrogen and oxygen atoms in total. The number of benzene rings is 1. The second kappa shape index (κ2) is 5.82. The van der Waals surface area contributed by atoms with Gasteiger partial charge in [0.25, 0.3) is 5.91 Å². The number of amides is 1. The summed E-state index contributed by atoms with van der Waals surface area (Å²) in [6.45, 7) is 6.41. The Labute approximate surface area is 119 Å². The lowest BCUT2D eigenvalue weighted by Crippen LogP contribution is -2.13. The van der Waals surface area contributed by atoms with Crippen LogP contribution in [-0.4, -0.2) is 17.1 Å². The van der Waals surface area contributed by atoms with Crippen LogP contribution >= 0.6 is 0 Å². The normalized spacial score (nSPS) is 10.4. The van der Waals surface area contributed by atoms with Gasteiger partial charge in [0, 0.05) is 18.4 Å².